The number of halogens is 2. The summed E-state index contributed by atoms with van der Waals surface area (Å²) < 4.78 is 34.9. The Kier molecular flexibility index (Phi) is 7.84. The van der Waals surface area contributed by atoms with E-state index in [0.29, 0.717) is 42.0 Å². The highest BCUT2D eigenvalue weighted by Gasteiger charge is 2.19. The molecule has 0 aliphatic carbocycles. The zero-order valence-corrected chi connectivity index (χ0v) is 15.6. The molecule has 2 heterocycles. The van der Waals surface area contributed by atoms with Gasteiger partial charge in [0.05, 0.1) is 11.3 Å². The summed E-state index contributed by atoms with van der Waals surface area (Å²) in [4.78, 5) is 17.0. The number of fused-ring (bicyclic) bond motifs is 1. The topological polar surface area (TPSA) is 63.8 Å². The number of pyridine rings is 1. The Morgan fingerprint density at radius 3 is 2.55 bits per heavy atom. The minimum atomic E-state index is -0.676. The van der Waals surface area contributed by atoms with Crippen LogP contribution in [0.4, 0.5) is 8.78 Å². The Morgan fingerprint density at radius 2 is 1.86 bits per heavy atom. The van der Waals surface area contributed by atoms with Gasteiger partial charge in [-0.15, -0.1) is 0 Å². The van der Waals surface area contributed by atoms with Crippen LogP contribution >= 0.6 is 0 Å². The maximum absolute atomic E-state index is 13.8. The highest BCUT2D eigenvalue weighted by atomic mass is 19.1. The van der Waals surface area contributed by atoms with E-state index in [2.05, 4.69) is 4.98 Å². The van der Waals surface area contributed by atoms with Crippen LogP contribution in [-0.2, 0) is 6.61 Å². The molecule has 29 heavy (non-hydrogen) atoms. The van der Waals surface area contributed by atoms with Gasteiger partial charge in [-0.05, 0) is 44.0 Å². The van der Waals surface area contributed by atoms with Crippen molar-refractivity contribution in [3.8, 4) is 5.75 Å². The van der Waals surface area contributed by atoms with Crippen molar-refractivity contribution in [2.75, 3.05) is 6.61 Å². The number of benzene rings is 1. The van der Waals surface area contributed by atoms with E-state index in [1.54, 1.807) is 29.7 Å². The summed E-state index contributed by atoms with van der Waals surface area (Å²) in [5.41, 5.74) is 1.31. The molecule has 0 aliphatic rings. The minimum Gasteiger partial charge on any atom is -0.485 e. The van der Waals surface area contributed by atoms with Gasteiger partial charge in [-0.2, -0.15) is 0 Å². The number of aryl methyl sites for hydroxylation is 1. The van der Waals surface area contributed by atoms with Gasteiger partial charge in [0.1, 0.15) is 23.9 Å². The van der Waals surface area contributed by atoms with Crippen molar-refractivity contribution in [2.24, 2.45) is 0 Å². The minimum absolute atomic E-state index is 0. The van der Waals surface area contributed by atoms with Crippen LogP contribution in [0.15, 0.2) is 36.5 Å². The third-order valence-corrected chi connectivity index (χ3v) is 4.55. The number of nitrogens with zero attached hydrogens (tertiary/aromatic N) is 2. The zero-order valence-electron chi connectivity index (χ0n) is 15.6. The molecule has 0 unspecified atom stereocenters. The molecule has 1 aromatic carbocycles. The van der Waals surface area contributed by atoms with Crippen LogP contribution < -0.4 is 4.74 Å². The molecule has 156 valence electrons. The maximum atomic E-state index is 13.8. The summed E-state index contributed by atoms with van der Waals surface area (Å²) in [6, 6.07) is 7.00. The third kappa shape index (κ3) is 4.98. The Bertz CT molecular complexity index is 965. The Hall–Kier alpha value is -2.80. The van der Waals surface area contributed by atoms with E-state index in [0.717, 1.165) is 6.42 Å². The van der Waals surface area contributed by atoms with Crippen molar-refractivity contribution in [1.82, 2.24) is 9.38 Å². The summed E-state index contributed by atoms with van der Waals surface area (Å²) in [5, 5.41) is 8.84. The number of rotatable bonds is 9. The maximum Gasteiger partial charge on any atom is 0.181 e. The quantitative estimate of drug-likeness (QED) is 0.408. The molecule has 3 rings (SSSR count). The van der Waals surface area contributed by atoms with Crippen LogP contribution in [0.1, 0.15) is 54.9 Å². The summed E-state index contributed by atoms with van der Waals surface area (Å²) in [6.07, 6.45) is 4.21. The molecule has 0 amide bonds. The van der Waals surface area contributed by atoms with Gasteiger partial charge in [0, 0.05) is 19.2 Å². The molecule has 0 bridgehead atoms. The summed E-state index contributed by atoms with van der Waals surface area (Å²) >= 11 is 0. The second-order valence-electron chi connectivity index (χ2n) is 6.56. The normalized spacial score (nSPS) is 10.8. The van der Waals surface area contributed by atoms with E-state index in [-0.39, 0.29) is 32.0 Å². The van der Waals surface area contributed by atoms with Crippen molar-refractivity contribution in [3.63, 3.8) is 0 Å². The molecule has 0 fully saturated rings. The first-order valence-electron chi connectivity index (χ1n) is 9.20. The summed E-state index contributed by atoms with van der Waals surface area (Å²) in [6.45, 7) is 1.58. The predicted octanol–water partition coefficient (Wildman–Crippen LogP) is 4.87. The third-order valence-electron chi connectivity index (χ3n) is 4.55. The first-order valence-corrected chi connectivity index (χ1v) is 9.20. The molecule has 0 spiro atoms. The fourth-order valence-electron chi connectivity index (χ4n) is 3.12. The van der Waals surface area contributed by atoms with Crippen LogP contribution in [0.5, 0.6) is 5.75 Å². The smallest absolute Gasteiger partial charge is 0.181 e. The average Bonchev–Trinajstić information content (AvgIpc) is 3.01. The van der Waals surface area contributed by atoms with E-state index in [9.17, 15) is 13.6 Å². The number of ether oxygens (including phenoxy) is 1. The fraction of sp³-hybridized carbons (Fsp3) is 0.364. The van der Waals surface area contributed by atoms with Crippen molar-refractivity contribution < 1.29 is 23.4 Å². The molecule has 5 nitrogen and oxygen atoms in total. The zero-order chi connectivity index (χ0) is 20.1. The number of ketones is 1. The van der Waals surface area contributed by atoms with Gasteiger partial charge in [0.25, 0.3) is 0 Å². The lowest BCUT2D eigenvalue weighted by Crippen LogP contribution is -2.06. The van der Waals surface area contributed by atoms with Gasteiger partial charge < -0.3 is 9.84 Å². The van der Waals surface area contributed by atoms with Gasteiger partial charge in [-0.25, -0.2) is 13.8 Å². The number of aliphatic hydroxyl groups is 1. The van der Waals surface area contributed by atoms with E-state index >= 15 is 0 Å². The van der Waals surface area contributed by atoms with E-state index in [1.165, 1.54) is 18.2 Å². The monoisotopic (exact) mass is 404 g/mol. The fourth-order valence-corrected chi connectivity index (χ4v) is 3.12. The molecule has 2 aromatic heterocycles. The largest absolute Gasteiger partial charge is 0.485 e. The number of imidazole rings is 1. The number of Topliss-reactive ketones (excluding diaryl/α,β-unsaturated/α-hetero) is 1. The highest BCUT2D eigenvalue weighted by Crippen LogP contribution is 2.25. The van der Waals surface area contributed by atoms with Gasteiger partial charge in [0.2, 0.25) is 0 Å². The van der Waals surface area contributed by atoms with E-state index in [4.69, 9.17) is 9.84 Å². The number of aromatic nitrogens is 2. The number of aliphatic hydroxyl groups excluding tert-OH is 1. The lowest BCUT2D eigenvalue weighted by atomic mass is 10.1. The molecule has 1 N–H and O–H groups in total. The number of unbranched alkanes of at least 4 members (excludes halogenated alkanes) is 2. The van der Waals surface area contributed by atoms with Crippen molar-refractivity contribution in [3.05, 3.63) is 65.1 Å². The second kappa shape index (κ2) is 10.1. The molecule has 7 heteroatoms. The van der Waals surface area contributed by atoms with Gasteiger partial charge in [0.15, 0.2) is 17.2 Å². The van der Waals surface area contributed by atoms with Crippen molar-refractivity contribution in [2.45, 2.75) is 46.6 Å². The summed E-state index contributed by atoms with van der Waals surface area (Å²) in [5.74, 6) is -1.05. The summed E-state index contributed by atoms with van der Waals surface area (Å²) in [7, 11) is 0. The van der Waals surface area contributed by atoms with E-state index in [1.807, 2.05) is 0 Å². The average molecular weight is 404 g/mol. The Morgan fingerprint density at radius 1 is 1.14 bits per heavy atom. The Balaban J connectivity index is 0.00000300. The highest BCUT2D eigenvalue weighted by molar-refractivity contribution is 5.96. The number of hydrogen-bond acceptors (Lipinski definition) is 4. The Labute approximate surface area is 169 Å². The number of carbonyl (C=O) groups is 1. The number of hydrogen-bond donors (Lipinski definition) is 1. The molecular weight excluding hydrogens is 378 g/mol. The molecule has 0 saturated heterocycles. The van der Waals surface area contributed by atoms with Crippen LogP contribution in [0.2, 0.25) is 0 Å². The van der Waals surface area contributed by atoms with E-state index < -0.39 is 11.6 Å². The lowest BCUT2D eigenvalue weighted by molar-refractivity contribution is 0.0972. The predicted molar refractivity (Wildman–Crippen MR) is 107 cm³/mol. The molecule has 0 atom stereocenters. The molecule has 0 radical (unpaired) electrons. The lowest BCUT2D eigenvalue weighted by Gasteiger charge is -2.09. The SMILES string of the molecule is C.Cc1nc2c(OCc3c(F)cccc3F)cccn2c1C(=O)CCCCCO. The van der Waals surface area contributed by atoms with Crippen LogP contribution in [0.25, 0.3) is 5.65 Å². The van der Waals surface area contributed by atoms with Crippen LogP contribution in [0.3, 0.4) is 0 Å². The van der Waals surface area contributed by atoms with Gasteiger partial charge in [-0.1, -0.05) is 19.9 Å². The molecule has 3 aromatic rings. The van der Waals surface area contributed by atoms with Gasteiger partial charge >= 0.3 is 0 Å². The van der Waals surface area contributed by atoms with Crippen molar-refractivity contribution >= 4 is 11.4 Å². The first kappa shape index (κ1) is 22.5. The number of carbonyl (C=O) groups excluding carboxylic acids is 1. The molecule has 0 saturated carbocycles. The molecule has 0 aliphatic heterocycles. The first-order chi connectivity index (χ1) is 13.5. The van der Waals surface area contributed by atoms with Gasteiger partial charge in [-0.3, -0.25) is 9.20 Å². The molecular formula is C22H26F2N2O3. The second-order valence-corrected chi connectivity index (χ2v) is 6.56. The van der Waals surface area contributed by atoms with Crippen LogP contribution in [0, 0.1) is 18.6 Å². The van der Waals surface area contributed by atoms with Crippen LogP contribution in [-0.4, -0.2) is 26.9 Å². The van der Waals surface area contributed by atoms with Crippen molar-refractivity contribution in [1.29, 1.82) is 0 Å². The standard InChI is InChI=1S/C21H22F2N2O3.CH4/c1-14-20(18(27)9-3-2-4-12-26)25-11-6-10-19(21(25)24-14)28-13-15-16(22)7-5-8-17(15)23;/h5-8,10-11,26H,2-4,9,12-13H2,1H3;1H4.